The molecule has 0 spiro atoms. The number of carbonyl (C=O) groups excluding carboxylic acids is 3. The monoisotopic (exact) mass is 598 g/mol. The molecule has 0 aliphatic carbocycles. The van der Waals surface area contributed by atoms with Crippen LogP contribution in [0.15, 0.2) is 78.4 Å². The van der Waals surface area contributed by atoms with Crippen LogP contribution >= 0.6 is 23.2 Å². The van der Waals surface area contributed by atoms with Gasteiger partial charge in [0.25, 0.3) is 11.8 Å². The van der Waals surface area contributed by atoms with Crippen LogP contribution in [-0.2, 0) is 22.4 Å². The number of amides is 4. The number of hydrogen-bond acceptors (Lipinski definition) is 4. The van der Waals surface area contributed by atoms with Crippen molar-refractivity contribution in [1.82, 2.24) is 5.32 Å². The normalized spacial score (nSPS) is 15.0. The molecule has 1 fully saturated rings. The van der Waals surface area contributed by atoms with E-state index in [0.29, 0.717) is 17.0 Å². The molecule has 4 aromatic rings. The van der Waals surface area contributed by atoms with Crippen molar-refractivity contribution >= 4 is 63.6 Å². The number of anilines is 1. The predicted molar refractivity (Wildman–Crippen MR) is 150 cm³/mol. The minimum atomic E-state index is -4.77. The Kier molecular flexibility index (Phi) is 7.50. The highest BCUT2D eigenvalue weighted by molar-refractivity contribution is 6.42. The number of benzene rings is 4. The maximum Gasteiger partial charge on any atom is 0.416 e. The third kappa shape index (κ3) is 5.64. The highest BCUT2D eigenvalue weighted by Crippen LogP contribution is 2.37. The van der Waals surface area contributed by atoms with Crippen LogP contribution in [-0.4, -0.2) is 17.8 Å². The summed E-state index contributed by atoms with van der Waals surface area (Å²) >= 11 is 12.3. The molecule has 41 heavy (non-hydrogen) atoms. The maximum absolute atomic E-state index is 13.4. The van der Waals surface area contributed by atoms with Gasteiger partial charge in [-0.3, -0.25) is 14.9 Å². The van der Waals surface area contributed by atoms with Crippen LogP contribution in [0.3, 0.4) is 0 Å². The van der Waals surface area contributed by atoms with Gasteiger partial charge in [-0.1, -0.05) is 59.6 Å². The van der Waals surface area contributed by atoms with Crippen molar-refractivity contribution in [3.8, 4) is 5.75 Å². The summed E-state index contributed by atoms with van der Waals surface area (Å²) in [4.78, 5) is 39.1. The second-order valence-electron chi connectivity index (χ2n) is 9.17. The lowest BCUT2D eigenvalue weighted by atomic mass is 10.0. The minimum Gasteiger partial charge on any atom is -0.488 e. The van der Waals surface area contributed by atoms with Gasteiger partial charge in [-0.25, -0.2) is 9.69 Å². The third-order valence-electron chi connectivity index (χ3n) is 6.53. The fraction of sp³-hybridized carbons (Fsp3) is 0.100. The van der Waals surface area contributed by atoms with Gasteiger partial charge in [-0.05, 0) is 65.7 Å². The summed E-state index contributed by atoms with van der Waals surface area (Å²) in [5, 5.41) is 3.97. The molecule has 1 aliphatic rings. The lowest BCUT2D eigenvalue weighted by molar-refractivity contribution is -0.137. The Morgan fingerprint density at radius 2 is 1.71 bits per heavy atom. The molecular weight excluding hydrogens is 580 g/mol. The summed E-state index contributed by atoms with van der Waals surface area (Å²) in [7, 11) is 0. The molecule has 0 bridgehead atoms. The molecule has 11 heteroatoms. The molecule has 1 aliphatic heterocycles. The van der Waals surface area contributed by atoms with Gasteiger partial charge in [0.05, 0.1) is 16.3 Å². The minimum absolute atomic E-state index is 0.148. The van der Waals surface area contributed by atoms with Gasteiger partial charge in [-0.2, -0.15) is 13.2 Å². The molecule has 4 aromatic carbocycles. The van der Waals surface area contributed by atoms with E-state index >= 15 is 0 Å². The smallest absolute Gasteiger partial charge is 0.416 e. The molecule has 0 saturated carbocycles. The Morgan fingerprint density at radius 1 is 0.951 bits per heavy atom. The van der Waals surface area contributed by atoms with Gasteiger partial charge in [0, 0.05) is 16.1 Å². The van der Waals surface area contributed by atoms with Crippen LogP contribution in [0.1, 0.15) is 22.3 Å². The number of imide groups is 2. The van der Waals surface area contributed by atoms with Crippen LogP contribution in [0.4, 0.5) is 23.7 Å². The Labute approximate surface area is 241 Å². The van der Waals surface area contributed by atoms with E-state index in [9.17, 15) is 27.6 Å². The first-order valence-corrected chi connectivity index (χ1v) is 12.9. The number of carbonyl (C=O) groups is 3. The van der Waals surface area contributed by atoms with E-state index in [1.165, 1.54) is 6.07 Å². The number of fused-ring (bicyclic) bond motifs is 1. The summed E-state index contributed by atoms with van der Waals surface area (Å²) in [6.45, 7) is 2.10. The number of ether oxygens (including phenoxy) is 1. The van der Waals surface area contributed by atoms with Crippen LogP contribution in [0.25, 0.3) is 16.8 Å². The molecule has 5 rings (SSSR count). The SMILES string of the molecule is Cc1ccc2ccccc2c1COc1ccc(Cl)cc1/C=C1/C(=O)NC(=O)N(c2cc(C(F)(F)F)ccc2Cl)C1=O. The van der Waals surface area contributed by atoms with Gasteiger partial charge in [0.1, 0.15) is 17.9 Å². The van der Waals surface area contributed by atoms with E-state index < -0.39 is 40.8 Å². The number of aryl methyl sites for hydroxylation is 1. The van der Waals surface area contributed by atoms with E-state index in [1.807, 2.05) is 48.6 Å². The molecule has 6 nitrogen and oxygen atoms in total. The average Bonchev–Trinajstić information content (AvgIpc) is 2.91. The van der Waals surface area contributed by atoms with Crippen LogP contribution < -0.4 is 15.0 Å². The molecule has 1 heterocycles. The van der Waals surface area contributed by atoms with Crippen LogP contribution in [0, 0.1) is 6.92 Å². The molecule has 1 saturated heterocycles. The average molecular weight is 599 g/mol. The van der Waals surface area contributed by atoms with Gasteiger partial charge < -0.3 is 4.74 Å². The van der Waals surface area contributed by atoms with Crippen LogP contribution in [0.5, 0.6) is 5.75 Å². The number of hydrogen-bond donors (Lipinski definition) is 1. The number of alkyl halides is 3. The fourth-order valence-electron chi connectivity index (χ4n) is 4.44. The zero-order chi connectivity index (χ0) is 29.5. The first-order valence-electron chi connectivity index (χ1n) is 12.1. The van der Waals surface area contributed by atoms with E-state index in [1.54, 1.807) is 12.1 Å². The van der Waals surface area contributed by atoms with Crippen molar-refractivity contribution in [3.63, 3.8) is 0 Å². The summed E-state index contributed by atoms with van der Waals surface area (Å²) < 4.78 is 46.1. The topological polar surface area (TPSA) is 75.7 Å². The highest BCUT2D eigenvalue weighted by Gasteiger charge is 2.39. The van der Waals surface area contributed by atoms with Crippen molar-refractivity contribution < 1.29 is 32.3 Å². The lowest BCUT2D eigenvalue weighted by Gasteiger charge is -2.27. The molecule has 1 N–H and O–H groups in total. The number of nitrogens with one attached hydrogen (secondary N) is 1. The Morgan fingerprint density at radius 3 is 2.46 bits per heavy atom. The van der Waals surface area contributed by atoms with Crippen LogP contribution in [0.2, 0.25) is 10.0 Å². The van der Waals surface area contributed by atoms with Crippen molar-refractivity contribution in [2.24, 2.45) is 0 Å². The fourth-order valence-corrected chi connectivity index (χ4v) is 4.82. The molecular formula is C30H19Cl2F3N2O4. The second kappa shape index (κ2) is 10.9. The summed E-state index contributed by atoms with van der Waals surface area (Å²) in [5.41, 5.74) is -0.0407. The van der Waals surface area contributed by atoms with E-state index in [4.69, 9.17) is 27.9 Å². The summed E-state index contributed by atoms with van der Waals surface area (Å²) in [6, 6.07) is 17.3. The number of nitrogens with zero attached hydrogens (tertiary/aromatic N) is 1. The number of barbiturate groups is 1. The Balaban J connectivity index is 1.52. The molecule has 0 atom stereocenters. The van der Waals surface area contributed by atoms with Crippen molar-refractivity contribution in [3.05, 3.63) is 111 Å². The summed E-state index contributed by atoms with van der Waals surface area (Å²) in [5.74, 6) is -1.94. The van der Waals surface area contributed by atoms with Gasteiger partial charge in [0.15, 0.2) is 0 Å². The number of urea groups is 1. The molecule has 0 aromatic heterocycles. The number of rotatable bonds is 5. The van der Waals surface area contributed by atoms with Gasteiger partial charge in [-0.15, -0.1) is 0 Å². The Hall–Kier alpha value is -4.34. The zero-order valence-corrected chi connectivity index (χ0v) is 22.7. The second-order valence-corrected chi connectivity index (χ2v) is 10.0. The van der Waals surface area contributed by atoms with E-state index in [-0.39, 0.29) is 28.0 Å². The van der Waals surface area contributed by atoms with Gasteiger partial charge >= 0.3 is 12.2 Å². The highest BCUT2D eigenvalue weighted by atomic mass is 35.5. The molecule has 208 valence electrons. The van der Waals surface area contributed by atoms with Crippen molar-refractivity contribution in [2.45, 2.75) is 19.7 Å². The third-order valence-corrected chi connectivity index (χ3v) is 7.09. The first-order chi connectivity index (χ1) is 19.4. The first kappa shape index (κ1) is 28.2. The largest absolute Gasteiger partial charge is 0.488 e. The number of halogens is 5. The maximum atomic E-state index is 13.4. The molecule has 0 radical (unpaired) electrons. The van der Waals surface area contributed by atoms with Gasteiger partial charge in [0.2, 0.25) is 0 Å². The van der Waals surface area contributed by atoms with Crippen molar-refractivity contribution in [1.29, 1.82) is 0 Å². The lowest BCUT2D eigenvalue weighted by Crippen LogP contribution is -2.54. The Bertz CT molecular complexity index is 1770. The van der Waals surface area contributed by atoms with E-state index in [2.05, 4.69) is 0 Å². The predicted octanol–water partition coefficient (Wildman–Crippen LogP) is 7.72. The standard InChI is InChI=1S/C30H19Cl2F3N2O4/c1-16-6-7-17-4-2-3-5-21(17)23(16)15-41-26-11-9-20(31)12-18(26)13-22-27(38)36-29(40)37(28(22)39)25-14-19(30(33,34)35)8-10-24(25)32/h2-14H,15H2,1H3,(H,36,38,40)/b22-13-. The molecule has 4 amide bonds. The van der Waals surface area contributed by atoms with E-state index in [0.717, 1.165) is 34.0 Å². The zero-order valence-electron chi connectivity index (χ0n) is 21.2. The summed E-state index contributed by atoms with van der Waals surface area (Å²) in [6.07, 6.45) is -3.60. The van der Waals surface area contributed by atoms with Crippen molar-refractivity contribution in [2.75, 3.05) is 4.90 Å². The molecule has 0 unspecified atom stereocenters. The quantitative estimate of drug-likeness (QED) is 0.188.